The van der Waals surface area contributed by atoms with Gasteiger partial charge in [-0.25, -0.2) is 4.79 Å². The second-order valence-corrected chi connectivity index (χ2v) is 10.6. The molecule has 0 aliphatic carbocycles. The molecule has 2 fully saturated rings. The Kier molecular flexibility index (Phi) is 6.37. The lowest BCUT2D eigenvalue weighted by Gasteiger charge is -2.44. The fourth-order valence-corrected chi connectivity index (χ4v) is 6.01. The quantitative estimate of drug-likeness (QED) is 0.434. The molecule has 5 atom stereocenters. The number of nitrogens with one attached hydrogen (secondary N) is 2. The van der Waals surface area contributed by atoms with Gasteiger partial charge >= 0.3 is 5.97 Å². The van der Waals surface area contributed by atoms with Crippen LogP contribution in [0.2, 0.25) is 0 Å². The van der Waals surface area contributed by atoms with E-state index in [1.807, 2.05) is 19.9 Å². The molecule has 9 nitrogen and oxygen atoms in total. The molecule has 5 unspecified atom stereocenters. The molecule has 2 aliphatic rings. The Bertz CT molecular complexity index is 1110. The molecule has 178 valence electrons. The van der Waals surface area contributed by atoms with E-state index in [2.05, 4.69) is 10.6 Å². The highest BCUT2D eigenvalue weighted by Crippen LogP contribution is 2.51. The van der Waals surface area contributed by atoms with Gasteiger partial charge in [-0.15, -0.1) is 11.8 Å². The molecule has 0 saturated carbocycles. The molecule has 4 rings (SSSR count). The standard InChI is InChI=1S/C24H26N4O5S/c1-24(2)18(20(30)26-16(23(32)33)14-11-7-4-8-12-14)28-21(31)17(22(28)34-24)27-19(29)15(25)13-9-5-3-6-10-13/h3-12,15-18,22H,25H2,1-2H3,(H,26,30)(H,27,29)(H,32,33). The summed E-state index contributed by atoms with van der Waals surface area (Å²) in [4.78, 5) is 52.1. The Morgan fingerprint density at radius 1 is 1.03 bits per heavy atom. The van der Waals surface area contributed by atoms with Crippen LogP contribution in [0.4, 0.5) is 0 Å². The van der Waals surface area contributed by atoms with Crippen molar-refractivity contribution in [3.8, 4) is 0 Å². The average molecular weight is 483 g/mol. The van der Waals surface area contributed by atoms with Gasteiger partial charge in [0.15, 0.2) is 6.04 Å². The van der Waals surface area contributed by atoms with E-state index in [1.165, 1.54) is 16.7 Å². The first-order valence-electron chi connectivity index (χ1n) is 10.8. The summed E-state index contributed by atoms with van der Waals surface area (Å²) >= 11 is 1.39. The summed E-state index contributed by atoms with van der Waals surface area (Å²) in [6, 6.07) is 13.3. The van der Waals surface area contributed by atoms with Gasteiger partial charge in [-0.1, -0.05) is 60.7 Å². The van der Waals surface area contributed by atoms with Crippen molar-refractivity contribution in [2.24, 2.45) is 5.73 Å². The number of thioether (sulfide) groups is 1. The molecule has 10 heteroatoms. The van der Waals surface area contributed by atoms with Gasteiger partial charge < -0.3 is 26.4 Å². The summed E-state index contributed by atoms with van der Waals surface area (Å²) in [6.07, 6.45) is 0. The van der Waals surface area contributed by atoms with Gasteiger partial charge in [-0.3, -0.25) is 14.4 Å². The van der Waals surface area contributed by atoms with Gasteiger partial charge in [0.25, 0.3) is 0 Å². The van der Waals surface area contributed by atoms with Gasteiger partial charge in [-0.05, 0) is 25.0 Å². The first-order valence-corrected chi connectivity index (χ1v) is 11.7. The fraction of sp³-hybridized carbons (Fsp3) is 0.333. The summed E-state index contributed by atoms with van der Waals surface area (Å²) in [7, 11) is 0. The van der Waals surface area contributed by atoms with Crippen molar-refractivity contribution in [3.63, 3.8) is 0 Å². The van der Waals surface area contributed by atoms with Crippen molar-refractivity contribution in [1.29, 1.82) is 0 Å². The minimum Gasteiger partial charge on any atom is -0.479 e. The van der Waals surface area contributed by atoms with Crippen LogP contribution in [0.1, 0.15) is 37.1 Å². The van der Waals surface area contributed by atoms with E-state index in [9.17, 15) is 24.3 Å². The average Bonchev–Trinajstić information content (AvgIpc) is 3.08. The second kappa shape index (κ2) is 9.11. The van der Waals surface area contributed by atoms with Crippen LogP contribution in [0.3, 0.4) is 0 Å². The number of benzene rings is 2. The number of rotatable bonds is 7. The van der Waals surface area contributed by atoms with E-state index in [4.69, 9.17) is 5.73 Å². The molecule has 34 heavy (non-hydrogen) atoms. The van der Waals surface area contributed by atoms with E-state index < -0.39 is 58.0 Å². The second-order valence-electron chi connectivity index (χ2n) is 8.83. The minimum absolute atomic E-state index is 0.400. The summed E-state index contributed by atoms with van der Waals surface area (Å²) in [5.74, 6) is -2.64. The lowest BCUT2D eigenvalue weighted by atomic mass is 9.94. The van der Waals surface area contributed by atoms with Crippen LogP contribution in [-0.4, -0.2) is 55.9 Å². The van der Waals surface area contributed by atoms with Gasteiger partial charge in [-0.2, -0.15) is 0 Å². The highest BCUT2D eigenvalue weighted by molar-refractivity contribution is 8.01. The van der Waals surface area contributed by atoms with Gasteiger partial charge in [0, 0.05) is 4.75 Å². The maximum absolute atomic E-state index is 13.2. The van der Waals surface area contributed by atoms with E-state index in [0.717, 1.165) is 0 Å². The molecule has 0 radical (unpaired) electrons. The summed E-state index contributed by atoms with van der Waals surface area (Å²) < 4.78 is -0.703. The lowest BCUT2D eigenvalue weighted by Crippen LogP contribution is -2.71. The Morgan fingerprint density at radius 2 is 1.59 bits per heavy atom. The molecule has 0 aromatic heterocycles. The number of fused-ring (bicyclic) bond motifs is 1. The lowest BCUT2D eigenvalue weighted by molar-refractivity contribution is -0.156. The molecular formula is C24H26N4O5S. The summed E-state index contributed by atoms with van der Waals surface area (Å²) in [5, 5.41) is 14.5. The number of β-lactam (4-membered cyclic amide) rings is 1. The number of carbonyl (C=O) groups excluding carboxylic acids is 3. The normalized spacial score (nSPS) is 24.4. The topological polar surface area (TPSA) is 142 Å². The Labute approximate surface area is 201 Å². The zero-order chi connectivity index (χ0) is 24.6. The molecule has 0 bridgehead atoms. The third-order valence-corrected chi connectivity index (χ3v) is 7.67. The predicted octanol–water partition coefficient (Wildman–Crippen LogP) is 1.18. The monoisotopic (exact) mass is 482 g/mol. The summed E-state index contributed by atoms with van der Waals surface area (Å²) in [6.45, 7) is 3.64. The van der Waals surface area contributed by atoms with Crippen molar-refractivity contribution in [2.75, 3.05) is 0 Å². The van der Waals surface area contributed by atoms with E-state index in [0.29, 0.717) is 11.1 Å². The maximum Gasteiger partial charge on any atom is 0.330 e. The largest absolute Gasteiger partial charge is 0.479 e. The highest BCUT2D eigenvalue weighted by Gasteiger charge is 2.64. The molecule has 2 heterocycles. The number of carboxylic acid groups (broad SMARTS) is 1. The van der Waals surface area contributed by atoms with Crippen LogP contribution in [0.15, 0.2) is 60.7 Å². The Hall–Kier alpha value is -3.37. The number of nitrogens with zero attached hydrogens (tertiary/aromatic N) is 1. The van der Waals surface area contributed by atoms with Crippen molar-refractivity contribution < 1.29 is 24.3 Å². The first kappa shape index (κ1) is 23.8. The predicted molar refractivity (Wildman–Crippen MR) is 126 cm³/mol. The number of carbonyl (C=O) groups is 4. The summed E-state index contributed by atoms with van der Waals surface area (Å²) in [5.41, 5.74) is 7.11. The molecule has 3 amide bonds. The van der Waals surface area contributed by atoms with Crippen LogP contribution < -0.4 is 16.4 Å². The Morgan fingerprint density at radius 3 is 2.15 bits per heavy atom. The van der Waals surface area contributed by atoms with Crippen LogP contribution >= 0.6 is 11.8 Å². The van der Waals surface area contributed by atoms with Gasteiger partial charge in [0.05, 0.1) is 0 Å². The van der Waals surface area contributed by atoms with Crippen LogP contribution in [0.25, 0.3) is 0 Å². The molecule has 2 saturated heterocycles. The molecule has 2 aliphatic heterocycles. The van der Waals surface area contributed by atoms with E-state index >= 15 is 0 Å². The van der Waals surface area contributed by atoms with Crippen LogP contribution in [0.5, 0.6) is 0 Å². The number of amides is 3. The van der Waals surface area contributed by atoms with Gasteiger partial charge in [0.1, 0.15) is 23.5 Å². The van der Waals surface area contributed by atoms with Crippen molar-refractivity contribution in [1.82, 2.24) is 15.5 Å². The third kappa shape index (κ3) is 4.26. The number of aliphatic carboxylic acids is 1. The number of hydrogen-bond acceptors (Lipinski definition) is 6. The SMILES string of the molecule is CC1(C)SC2C(NC(=O)C(N)c3ccccc3)C(=O)N2C1C(=O)NC(C(=O)O)c1ccccc1. The number of nitrogens with two attached hydrogens (primary N) is 1. The van der Waals surface area contributed by atoms with Crippen LogP contribution in [-0.2, 0) is 19.2 Å². The maximum atomic E-state index is 13.2. The zero-order valence-corrected chi connectivity index (χ0v) is 19.5. The third-order valence-electron chi connectivity index (χ3n) is 6.09. The minimum atomic E-state index is -1.25. The van der Waals surface area contributed by atoms with E-state index in [1.54, 1.807) is 54.6 Å². The molecule has 2 aromatic rings. The first-order chi connectivity index (χ1) is 16.1. The number of carboxylic acids is 1. The Balaban J connectivity index is 1.47. The fourth-order valence-electron chi connectivity index (χ4n) is 4.38. The highest BCUT2D eigenvalue weighted by atomic mass is 32.2. The van der Waals surface area contributed by atoms with Crippen LogP contribution in [0, 0.1) is 0 Å². The zero-order valence-electron chi connectivity index (χ0n) is 18.7. The molecule has 0 spiro atoms. The molecular weight excluding hydrogens is 456 g/mol. The molecule has 5 N–H and O–H groups in total. The van der Waals surface area contributed by atoms with Gasteiger partial charge in [0.2, 0.25) is 17.7 Å². The van der Waals surface area contributed by atoms with Crippen molar-refractivity contribution in [3.05, 3.63) is 71.8 Å². The van der Waals surface area contributed by atoms with Crippen molar-refractivity contribution >= 4 is 35.5 Å². The van der Waals surface area contributed by atoms with Crippen molar-refractivity contribution in [2.45, 2.75) is 48.1 Å². The number of hydrogen-bond donors (Lipinski definition) is 4. The smallest absolute Gasteiger partial charge is 0.330 e. The molecule has 2 aromatic carbocycles. The van der Waals surface area contributed by atoms with E-state index in [-0.39, 0.29) is 0 Å².